The van der Waals surface area contributed by atoms with Gasteiger partial charge in [0.2, 0.25) is 0 Å². The lowest BCUT2D eigenvalue weighted by Crippen LogP contribution is -1.98. The second-order valence-corrected chi connectivity index (χ2v) is 5.03. The zero-order valence-corrected chi connectivity index (χ0v) is 10.6. The first-order valence-corrected chi connectivity index (χ1v) is 6.51. The van der Waals surface area contributed by atoms with Crippen LogP contribution < -0.4 is 0 Å². The van der Waals surface area contributed by atoms with Gasteiger partial charge < -0.3 is 4.57 Å². The molecule has 1 fully saturated rings. The van der Waals surface area contributed by atoms with Crippen LogP contribution in [0.15, 0.2) is 36.7 Å². The standard InChI is InChI=1S/C15H11F2N3/c16-11-6-13-14(7-12(11)17)20(10-3-4-10)15(19-13)9-2-1-5-18-8-9/h1-2,5-8,10H,3-4H2. The van der Waals surface area contributed by atoms with E-state index in [1.165, 1.54) is 6.07 Å². The number of nitrogens with zero attached hydrogens (tertiary/aromatic N) is 3. The van der Waals surface area contributed by atoms with E-state index < -0.39 is 11.6 Å². The van der Waals surface area contributed by atoms with Crippen LogP contribution in [0.4, 0.5) is 8.78 Å². The van der Waals surface area contributed by atoms with E-state index in [9.17, 15) is 8.78 Å². The van der Waals surface area contributed by atoms with Crippen LogP contribution in [-0.4, -0.2) is 14.5 Å². The van der Waals surface area contributed by atoms with Crippen LogP contribution in [0.3, 0.4) is 0 Å². The van der Waals surface area contributed by atoms with Crippen molar-refractivity contribution in [1.82, 2.24) is 14.5 Å². The van der Waals surface area contributed by atoms with Gasteiger partial charge >= 0.3 is 0 Å². The molecule has 1 saturated carbocycles. The Bertz CT molecular complexity index is 792. The monoisotopic (exact) mass is 271 g/mol. The van der Waals surface area contributed by atoms with Gasteiger partial charge in [-0.3, -0.25) is 4.98 Å². The lowest BCUT2D eigenvalue weighted by atomic mass is 10.2. The van der Waals surface area contributed by atoms with Gasteiger partial charge in [0.15, 0.2) is 11.6 Å². The Kier molecular flexibility index (Phi) is 2.36. The molecular formula is C15H11F2N3. The molecule has 1 aliphatic rings. The van der Waals surface area contributed by atoms with Crippen molar-refractivity contribution in [2.24, 2.45) is 0 Å². The van der Waals surface area contributed by atoms with E-state index in [1.54, 1.807) is 12.4 Å². The molecule has 0 amide bonds. The highest BCUT2D eigenvalue weighted by molar-refractivity contribution is 5.81. The molecule has 4 rings (SSSR count). The summed E-state index contributed by atoms with van der Waals surface area (Å²) in [6, 6.07) is 6.44. The highest BCUT2D eigenvalue weighted by Gasteiger charge is 2.29. The molecule has 0 spiro atoms. The van der Waals surface area contributed by atoms with Crippen LogP contribution in [0.25, 0.3) is 22.4 Å². The Balaban J connectivity index is 2.03. The number of aromatic nitrogens is 3. The number of imidazole rings is 1. The van der Waals surface area contributed by atoms with Crippen LogP contribution in [-0.2, 0) is 0 Å². The van der Waals surface area contributed by atoms with Gasteiger partial charge in [0.05, 0.1) is 11.0 Å². The van der Waals surface area contributed by atoms with Crippen LogP contribution >= 0.6 is 0 Å². The molecule has 0 unspecified atom stereocenters. The smallest absolute Gasteiger partial charge is 0.161 e. The summed E-state index contributed by atoms with van der Waals surface area (Å²) in [7, 11) is 0. The lowest BCUT2D eigenvalue weighted by Gasteiger charge is -2.07. The summed E-state index contributed by atoms with van der Waals surface area (Å²) in [5.74, 6) is -0.978. The maximum atomic E-state index is 13.5. The molecule has 1 aliphatic carbocycles. The zero-order valence-electron chi connectivity index (χ0n) is 10.6. The molecule has 1 aromatic carbocycles. The third-order valence-corrected chi connectivity index (χ3v) is 3.56. The third kappa shape index (κ3) is 1.70. The molecule has 3 aromatic rings. The van der Waals surface area contributed by atoms with E-state index in [0.29, 0.717) is 17.1 Å². The van der Waals surface area contributed by atoms with Crippen molar-refractivity contribution >= 4 is 11.0 Å². The quantitative estimate of drug-likeness (QED) is 0.711. The number of benzene rings is 1. The largest absolute Gasteiger partial charge is 0.321 e. The molecule has 0 radical (unpaired) electrons. The summed E-state index contributed by atoms with van der Waals surface area (Å²) in [6.07, 6.45) is 5.48. The highest BCUT2D eigenvalue weighted by Crippen LogP contribution is 2.41. The van der Waals surface area contributed by atoms with Gasteiger partial charge in [-0.15, -0.1) is 0 Å². The number of hydrogen-bond donors (Lipinski definition) is 0. The van der Waals surface area contributed by atoms with Gasteiger partial charge in [-0.2, -0.15) is 0 Å². The minimum atomic E-state index is -0.865. The highest BCUT2D eigenvalue weighted by atomic mass is 19.2. The van der Waals surface area contributed by atoms with Gasteiger partial charge in [-0.05, 0) is 25.0 Å². The van der Waals surface area contributed by atoms with Crippen molar-refractivity contribution in [3.8, 4) is 11.4 Å². The molecule has 2 heterocycles. The molecule has 20 heavy (non-hydrogen) atoms. The number of rotatable bonds is 2. The van der Waals surface area contributed by atoms with Gasteiger partial charge in [0.25, 0.3) is 0 Å². The number of hydrogen-bond acceptors (Lipinski definition) is 2. The van der Waals surface area contributed by atoms with E-state index >= 15 is 0 Å². The Morgan fingerprint density at radius 2 is 1.95 bits per heavy atom. The van der Waals surface area contributed by atoms with Gasteiger partial charge in [-0.1, -0.05) is 0 Å². The van der Waals surface area contributed by atoms with Gasteiger partial charge in [0, 0.05) is 36.1 Å². The number of pyridine rings is 1. The maximum Gasteiger partial charge on any atom is 0.161 e. The zero-order chi connectivity index (χ0) is 13.7. The molecule has 0 N–H and O–H groups in total. The van der Waals surface area contributed by atoms with Crippen molar-refractivity contribution < 1.29 is 8.78 Å². The molecule has 0 saturated heterocycles. The van der Waals surface area contributed by atoms with Crippen molar-refractivity contribution in [2.75, 3.05) is 0 Å². The second kappa shape index (κ2) is 4.10. The first-order valence-electron chi connectivity index (χ1n) is 6.51. The molecule has 3 nitrogen and oxygen atoms in total. The molecule has 5 heteroatoms. The van der Waals surface area contributed by atoms with Crippen LogP contribution in [0.1, 0.15) is 18.9 Å². The second-order valence-electron chi connectivity index (χ2n) is 5.03. The van der Waals surface area contributed by atoms with E-state index in [0.717, 1.165) is 30.3 Å². The summed E-state index contributed by atoms with van der Waals surface area (Å²) in [5, 5.41) is 0. The van der Waals surface area contributed by atoms with Crippen molar-refractivity contribution in [1.29, 1.82) is 0 Å². The Labute approximate surface area is 113 Å². The minimum absolute atomic E-state index is 0.320. The molecular weight excluding hydrogens is 260 g/mol. The summed E-state index contributed by atoms with van der Waals surface area (Å²) in [5.41, 5.74) is 1.98. The molecule has 2 aromatic heterocycles. The van der Waals surface area contributed by atoms with Crippen LogP contribution in [0.5, 0.6) is 0 Å². The van der Waals surface area contributed by atoms with E-state index in [-0.39, 0.29) is 0 Å². The number of halogens is 2. The SMILES string of the molecule is Fc1cc2nc(-c3cccnc3)n(C3CC3)c2cc1F. The normalized spacial score (nSPS) is 14.9. The Hall–Kier alpha value is -2.30. The number of fused-ring (bicyclic) bond motifs is 1. The van der Waals surface area contributed by atoms with E-state index in [1.807, 2.05) is 16.7 Å². The minimum Gasteiger partial charge on any atom is -0.321 e. The first-order chi connectivity index (χ1) is 9.74. The lowest BCUT2D eigenvalue weighted by molar-refractivity contribution is 0.510. The Morgan fingerprint density at radius 3 is 2.65 bits per heavy atom. The predicted octanol–water partition coefficient (Wildman–Crippen LogP) is 3.71. The molecule has 0 aliphatic heterocycles. The fraction of sp³-hybridized carbons (Fsp3) is 0.200. The van der Waals surface area contributed by atoms with Crippen molar-refractivity contribution in [3.05, 3.63) is 48.3 Å². The van der Waals surface area contributed by atoms with Crippen LogP contribution in [0.2, 0.25) is 0 Å². The van der Waals surface area contributed by atoms with Gasteiger partial charge in [-0.25, -0.2) is 13.8 Å². The molecule has 0 bridgehead atoms. The Morgan fingerprint density at radius 1 is 1.15 bits per heavy atom. The van der Waals surface area contributed by atoms with Gasteiger partial charge in [0.1, 0.15) is 5.82 Å². The average molecular weight is 271 g/mol. The average Bonchev–Trinajstić information content (AvgIpc) is 3.23. The van der Waals surface area contributed by atoms with Crippen LogP contribution in [0, 0.1) is 11.6 Å². The maximum absolute atomic E-state index is 13.5. The summed E-state index contributed by atoms with van der Waals surface area (Å²) in [6.45, 7) is 0. The summed E-state index contributed by atoms with van der Waals surface area (Å²) >= 11 is 0. The van der Waals surface area contributed by atoms with Crippen molar-refractivity contribution in [2.45, 2.75) is 18.9 Å². The van der Waals surface area contributed by atoms with E-state index in [4.69, 9.17) is 0 Å². The third-order valence-electron chi connectivity index (χ3n) is 3.56. The van der Waals surface area contributed by atoms with Crippen molar-refractivity contribution in [3.63, 3.8) is 0 Å². The molecule has 100 valence electrons. The first kappa shape index (κ1) is 11.5. The summed E-state index contributed by atoms with van der Waals surface area (Å²) < 4.78 is 28.9. The topological polar surface area (TPSA) is 30.7 Å². The predicted molar refractivity (Wildman–Crippen MR) is 71.2 cm³/mol. The fourth-order valence-corrected chi connectivity index (χ4v) is 2.49. The molecule has 0 atom stereocenters. The fourth-order valence-electron chi connectivity index (χ4n) is 2.49. The van der Waals surface area contributed by atoms with E-state index in [2.05, 4.69) is 9.97 Å². The summed E-state index contributed by atoms with van der Waals surface area (Å²) in [4.78, 5) is 8.55.